The van der Waals surface area contributed by atoms with Gasteiger partial charge in [0.15, 0.2) is 15.6 Å². The molecule has 0 saturated carbocycles. The number of nitrogens with zero attached hydrogens (tertiary/aromatic N) is 1. The van der Waals surface area contributed by atoms with Crippen LogP contribution in [0.4, 0.5) is 0 Å². The smallest absolute Gasteiger partial charge is 0.289 e. The second kappa shape index (κ2) is 9.15. The first-order valence-corrected chi connectivity index (χ1v) is 10.9. The van der Waals surface area contributed by atoms with Gasteiger partial charge in [-0.3, -0.25) is 4.79 Å². The summed E-state index contributed by atoms with van der Waals surface area (Å²) in [5.41, 5.74) is 0. The van der Waals surface area contributed by atoms with Crippen molar-refractivity contribution < 1.29 is 22.4 Å². The number of carbonyl (C=O) groups is 1. The number of hydrogen-bond acceptors (Lipinski definition) is 5. The summed E-state index contributed by atoms with van der Waals surface area (Å²) in [7, 11) is -1.92. The van der Waals surface area contributed by atoms with Crippen LogP contribution in [0, 0.1) is 0 Å². The molecule has 29 heavy (non-hydrogen) atoms. The van der Waals surface area contributed by atoms with Gasteiger partial charge in [0.05, 0.1) is 11.4 Å². The maximum Gasteiger partial charge on any atom is 0.289 e. The zero-order chi connectivity index (χ0) is 20.9. The predicted molar refractivity (Wildman–Crippen MR) is 110 cm³/mol. The van der Waals surface area contributed by atoms with E-state index in [0.717, 1.165) is 0 Å². The molecule has 3 rings (SSSR count). The average molecular weight is 434 g/mol. The standard InChI is InChI=1S/C21H20ClNO5S/c1-23(13-14-27-17-9-7-16(22)8-10-17)21(24)20-12-11-18(28-20)15-29(25,26)19-5-3-2-4-6-19/h2-12H,13-15H2,1H3. The van der Waals surface area contributed by atoms with Crippen molar-refractivity contribution >= 4 is 27.3 Å². The summed E-state index contributed by atoms with van der Waals surface area (Å²) in [6.45, 7) is 0.625. The van der Waals surface area contributed by atoms with Crippen LogP contribution in [0.15, 0.2) is 76.0 Å². The van der Waals surface area contributed by atoms with Crippen molar-refractivity contribution in [1.82, 2.24) is 4.90 Å². The Morgan fingerprint density at radius 3 is 2.41 bits per heavy atom. The molecule has 3 aromatic rings. The predicted octanol–water partition coefficient (Wildman–Crippen LogP) is 4.06. The fourth-order valence-corrected chi connectivity index (χ4v) is 3.98. The van der Waals surface area contributed by atoms with E-state index in [1.807, 2.05) is 0 Å². The Morgan fingerprint density at radius 1 is 1.03 bits per heavy atom. The Kier molecular flexibility index (Phi) is 6.61. The molecular formula is C21H20ClNO5S. The van der Waals surface area contributed by atoms with Crippen LogP contribution in [-0.4, -0.2) is 39.4 Å². The molecule has 0 atom stereocenters. The van der Waals surface area contributed by atoms with Crippen LogP contribution in [0.25, 0.3) is 0 Å². The zero-order valence-corrected chi connectivity index (χ0v) is 17.3. The zero-order valence-electron chi connectivity index (χ0n) is 15.7. The van der Waals surface area contributed by atoms with Crippen LogP contribution in [0.5, 0.6) is 5.75 Å². The lowest BCUT2D eigenvalue weighted by molar-refractivity contribution is 0.0741. The van der Waals surface area contributed by atoms with Gasteiger partial charge in [0, 0.05) is 12.1 Å². The van der Waals surface area contributed by atoms with Crippen LogP contribution in [0.3, 0.4) is 0 Å². The molecule has 0 aliphatic heterocycles. The highest BCUT2D eigenvalue weighted by Crippen LogP contribution is 2.19. The van der Waals surface area contributed by atoms with Crippen molar-refractivity contribution in [1.29, 1.82) is 0 Å². The van der Waals surface area contributed by atoms with Gasteiger partial charge in [0.25, 0.3) is 5.91 Å². The first-order chi connectivity index (χ1) is 13.8. The molecule has 0 N–H and O–H groups in total. The number of likely N-dealkylation sites (N-methyl/N-ethyl adjacent to an activating group) is 1. The third-order valence-electron chi connectivity index (χ3n) is 4.16. The van der Waals surface area contributed by atoms with Gasteiger partial charge < -0.3 is 14.1 Å². The number of ether oxygens (including phenoxy) is 1. The quantitative estimate of drug-likeness (QED) is 0.535. The second-order valence-corrected chi connectivity index (χ2v) is 8.79. The van der Waals surface area contributed by atoms with Gasteiger partial charge in [-0.2, -0.15) is 0 Å². The number of hydrogen-bond donors (Lipinski definition) is 0. The van der Waals surface area contributed by atoms with E-state index >= 15 is 0 Å². The molecule has 0 spiro atoms. The molecule has 0 aliphatic carbocycles. The van der Waals surface area contributed by atoms with Crippen LogP contribution in [-0.2, 0) is 15.6 Å². The van der Waals surface area contributed by atoms with Gasteiger partial charge in [-0.15, -0.1) is 0 Å². The van der Waals surface area contributed by atoms with E-state index < -0.39 is 9.84 Å². The highest BCUT2D eigenvalue weighted by molar-refractivity contribution is 7.90. The number of furan rings is 1. The fourth-order valence-electron chi connectivity index (χ4n) is 2.59. The third-order valence-corrected chi connectivity index (χ3v) is 6.07. The largest absolute Gasteiger partial charge is 0.492 e. The molecule has 0 fully saturated rings. The molecule has 6 nitrogen and oxygen atoms in total. The summed E-state index contributed by atoms with van der Waals surface area (Å²) in [5.74, 6) is 0.281. The summed E-state index contributed by atoms with van der Waals surface area (Å²) in [5, 5.41) is 0.618. The maximum atomic E-state index is 12.5. The summed E-state index contributed by atoms with van der Waals surface area (Å²) in [6.07, 6.45) is 0. The number of amides is 1. The number of sulfone groups is 1. The van der Waals surface area contributed by atoms with Crippen molar-refractivity contribution in [2.75, 3.05) is 20.2 Å². The average Bonchev–Trinajstić information content (AvgIpc) is 3.17. The molecule has 152 valence electrons. The fraction of sp³-hybridized carbons (Fsp3) is 0.190. The van der Waals surface area contributed by atoms with Gasteiger partial charge >= 0.3 is 0 Å². The number of halogens is 1. The van der Waals surface area contributed by atoms with E-state index in [2.05, 4.69) is 0 Å². The Bertz CT molecular complexity index is 1060. The number of rotatable bonds is 8. The van der Waals surface area contributed by atoms with E-state index in [4.69, 9.17) is 20.8 Å². The van der Waals surface area contributed by atoms with Crippen molar-refractivity contribution in [3.8, 4) is 5.75 Å². The summed E-state index contributed by atoms with van der Waals surface area (Å²) in [4.78, 5) is 14.1. The Hall–Kier alpha value is -2.77. The molecule has 0 unspecified atom stereocenters. The monoisotopic (exact) mass is 433 g/mol. The lowest BCUT2D eigenvalue weighted by Crippen LogP contribution is -2.30. The van der Waals surface area contributed by atoms with Gasteiger partial charge in [-0.25, -0.2) is 8.42 Å². The Labute approximate surface area is 174 Å². The highest BCUT2D eigenvalue weighted by atomic mass is 35.5. The van der Waals surface area contributed by atoms with Crippen molar-refractivity contribution in [3.05, 3.63) is 83.3 Å². The lowest BCUT2D eigenvalue weighted by atomic mass is 10.3. The Balaban J connectivity index is 1.56. The molecule has 1 aromatic heterocycles. The summed E-state index contributed by atoms with van der Waals surface area (Å²) < 4.78 is 35.9. The first kappa shape index (κ1) is 21.0. The first-order valence-electron chi connectivity index (χ1n) is 8.85. The molecule has 8 heteroatoms. The topological polar surface area (TPSA) is 76.8 Å². The molecular weight excluding hydrogens is 414 g/mol. The van der Waals surface area contributed by atoms with Gasteiger partial charge in [0.1, 0.15) is 23.9 Å². The maximum absolute atomic E-state index is 12.5. The SMILES string of the molecule is CN(CCOc1ccc(Cl)cc1)C(=O)c1ccc(CS(=O)(=O)c2ccccc2)o1. The summed E-state index contributed by atoms with van der Waals surface area (Å²) >= 11 is 5.83. The van der Waals surface area contributed by atoms with Crippen LogP contribution in [0.1, 0.15) is 16.3 Å². The molecule has 0 radical (unpaired) electrons. The van der Waals surface area contributed by atoms with E-state index in [-0.39, 0.29) is 28.1 Å². The molecule has 2 aromatic carbocycles. The molecule has 0 bridgehead atoms. The summed E-state index contributed by atoms with van der Waals surface area (Å²) in [6, 6.07) is 18.0. The van der Waals surface area contributed by atoms with Gasteiger partial charge in [-0.1, -0.05) is 29.8 Å². The molecule has 1 heterocycles. The van der Waals surface area contributed by atoms with E-state index in [9.17, 15) is 13.2 Å². The van der Waals surface area contributed by atoms with Crippen molar-refractivity contribution in [2.45, 2.75) is 10.6 Å². The minimum absolute atomic E-state index is 0.0808. The minimum Gasteiger partial charge on any atom is -0.492 e. The lowest BCUT2D eigenvalue weighted by Gasteiger charge is -2.16. The minimum atomic E-state index is -3.54. The second-order valence-electron chi connectivity index (χ2n) is 6.37. The van der Waals surface area contributed by atoms with Crippen molar-refractivity contribution in [3.63, 3.8) is 0 Å². The highest BCUT2D eigenvalue weighted by Gasteiger charge is 2.20. The van der Waals surface area contributed by atoms with Crippen LogP contribution < -0.4 is 4.74 Å². The van der Waals surface area contributed by atoms with E-state index in [1.165, 1.54) is 29.2 Å². The van der Waals surface area contributed by atoms with Gasteiger partial charge in [0.2, 0.25) is 0 Å². The number of carbonyl (C=O) groups excluding carboxylic acids is 1. The molecule has 0 saturated heterocycles. The van der Waals surface area contributed by atoms with E-state index in [0.29, 0.717) is 23.9 Å². The van der Waals surface area contributed by atoms with Crippen LogP contribution in [0.2, 0.25) is 5.02 Å². The van der Waals surface area contributed by atoms with Gasteiger partial charge in [-0.05, 0) is 48.5 Å². The normalized spacial score (nSPS) is 11.2. The molecule has 1 amide bonds. The third kappa shape index (κ3) is 5.62. The van der Waals surface area contributed by atoms with Crippen molar-refractivity contribution in [2.24, 2.45) is 0 Å². The molecule has 0 aliphatic rings. The number of benzene rings is 2. The van der Waals surface area contributed by atoms with E-state index in [1.54, 1.807) is 49.5 Å². The van der Waals surface area contributed by atoms with Crippen LogP contribution >= 0.6 is 11.6 Å². The Morgan fingerprint density at radius 2 is 1.72 bits per heavy atom.